The Hall–Kier alpha value is -1.30. The Morgan fingerprint density at radius 3 is 2.76 bits per heavy atom. The molecule has 0 fully saturated rings. The minimum Gasteiger partial charge on any atom is -0.398 e. The van der Waals surface area contributed by atoms with Crippen molar-refractivity contribution in [2.24, 2.45) is 0 Å². The average molecular weight is 259 g/mol. The molecule has 0 aliphatic heterocycles. The zero-order chi connectivity index (χ0) is 13.0. The van der Waals surface area contributed by atoms with Crippen LogP contribution in [-0.2, 0) is 4.79 Å². The van der Waals surface area contributed by atoms with Gasteiger partial charge < -0.3 is 21.3 Å². The van der Waals surface area contributed by atoms with E-state index in [1.807, 2.05) is 0 Å². The van der Waals surface area contributed by atoms with E-state index in [4.69, 9.17) is 17.3 Å². The number of nitrogens with two attached hydrogens (primary N) is 1. The maximum atomic E-state index is 10.7. The monoisotopic (exact) mass is 258 g/mol. The normalized spacial score (nSPS) is 14.1. The highest BCUT2D eigenvalue weighted by molar-refractivity contribution is 6.30. The number of carbonyl (C=O) groups is 1. The summed E-state index contributed by atoms with van der Waals surface area (Å²) in [6, 6.07) is 4.62. The van der Waals surface area contributed by atoms with Gasteiger partial charge in [0.1, 0.15) is 12.2 Å². The van der Waals surface area contributed by atoms with Gasteiger partial charge in [-0.2, -0.15) is 0 Å². The fraction of sp³-hybridized carbons (Fsp3) is 0.364. The number of hydrogen-bond donors (Lipinski definition) is 4. The molecule has 6 heteroatoms. The second kappa shape index (κ2) is 5.86. The number of amides is 1. The van der Waals surface area contributed by atoms with Crippen LogP contribution in [0.25, 0.3) is 0 Å². The molecule has 2 atom stereocenters. The lowest BCUT2D eigenvalue weighted by Crippen LogP contribution is -2.34. The number of carbonyl (C=O) groups excluding carboxylic acids is 1. The standard InChI is InChI=1S/C11H15ClN2O3/c1-6(15)14-5-10(16)11(17)8-4-7(12)2-3-9(8)13/h2-4,10-11,16-17H,5,13H2,1H3,(H,14,15). The summed E-state index contributed by atoms with van der Waals surface area (Å²) in [5.74, 6) is -0.282. The van der Waals surface area contributed by atoms with Crippen LogP contribution in [0.2, 0.25) is 5.02 Å². The second-order valence-corrected chi connectivity index (χ2v) is 4.16. The van der Waals surface area contributed by atoms with E-state index in [-0.39, 0.29) is 12.5 Å². The van der Waals surface area contributed by atoms with E-state index >= 15 is 0 Å². The summed E-state index contributed by atoms with van der Waals surface area (Å²) in [6.45, 7) is 1.27. The van der Waals surface area contributed by atoms with Crippen LogP contribution in [0.4, 0.5) is 5.69 Å². The van der Waals surface area contributed by atoms with Crippen molar-refractivity contribution in [2.75, 3.05) is 12.3 Å². The van der Waals surface area contributed by atoms with E-state index in [9.17, 15) is 15.0 Å². The van der Waals surface area contributed by atoms with E-state index in [1.54, 1.807) is 12.1 Å². The van der Waals surface area contributed by atoms with Crippen LogP contribution in [0.15, 0.2) is 18.2 Å². The van der Waals surface area contributed by atoms with Crippen LogP contribution in [0.3, 0.4) is 0 Å². The summed E-state index contributed by atoms with van der Waals surface area (Å²) in [5.41, 5.74) is 6.35. The van der Waals surface area contributed by atoms with Crippen LogP contribution in [0.1, 0.15) is 18.6 Å². The van der Waals surface area contributed by atoms with Gasteiger partial charge in [0.25, 0.3) is 0 Å². The number of nitrogens with one attached hydrogen (secondary N) is 1. The van der Waals surface area contributed by atoms with Crippen molar-refractivity contribution in [1.82, 2.24) is 5.32 Å². The molecule has 0 bridgehead atoms. The first-order valence-corrected chi connectivity index (χ1v) is 5.45. The molecule has 0 spiro atoms. The third-order valence-corrected chi connectivity index (χ3v) is 2.53. The molecule has 1 amide bonds. The van der Waals surface area contributed by atoms with Gasteiger partial charge in [-0.3, -0.25) is 4.79 Å². The Kier molecular flexibility index (Phi) is 4.74. The number of hydrogen-bond acceptors (Lipinski definition) is 4. The fourth-order valence-electron chi connectivity index (χ4n) is 1.37. The van der Waals surface area contributed by atoms with Crippen molar-refractivity contribution in [3.63, 3.8) is 0 Å². The number of benzene rings is 1. The lowest BCUT2D eigenvalue weighted by Gasteiger charge is -2.19. The predicted octanol–water partition coefficient (Wildman–Crippen LogP) is 0.453. The van der Waals surface area contributed by atoms with Gasteiger partial charge in [-0.15, -0.1) is 0 Å². The summed E-state index contributed by atoms with van der Waals surface area (Å²) < 4.78 is 0. The quantitative estimate of drug-likeness (QED) is 0.590. The van der Waals surface area contributed by atoms with Crippen LogP contribution in [-0.4, -0.2) is 28.8 Å². The number of anilines is 1. The van der Waals surface area contributed by atoms with Gasteiger partial charge in [-0.25, -0.2) is 0 Å². The highest BCUT2D eigenvalue weighted by Crippen LogP contribution is 2.26. The highest BCUT2D eigenvalue weighted by atomic mass is 35.5. The molecule has 0 heterocycles. The number of nitrogen functional groups attached to an aromatic ring is 1. The Bertz CT molecular complexity index is 412. The molecule has 0 saturated carbocycles. The van der Waals surface area contributed by atoms with Crippen molar-refractivity contribution >= 4 is 23.2 Å². The van der Waals surface area contributed by atoms with Crippen molar-refractivity contribution < 1.29 is 15.0 Å². The zero-order valence-corrected chi connectivity index (χ0v) is 10.1. The van der Waals surface area contributed by atoms with Gasteiger partial charge in [0, 0.05) is 29.7 Å². The molecule has 0 saturated heterocycles. The Balaban J connectivity index is 2.77. The molecule has 5 nitrogen and oxygen atoms in total. The molecule has 1 rings (SSSR count). The number of rotatable bonds is 4. The van der Waals surface area contributed by atoms with Crippen molar-refractivity contribution in [3.8, 4) is 0 Å². The Morgan fingerprint density at radius 1 is 1.53 bits per heavy atom. The molecular formula is C11H15ClN2O3. The number of aliphatic hydroxyl groups is 2. The minimum atomic E-state index is -1.19. The van der Waals surface area contributed by atoms with Crippen LogP contribution in [0.5, 0.6) is 0 Å². The Morgan fingerprint density at radius 2 is 2.18 bits per heavy atom. The van der Waals surface area contributed by atoms with E-state index in [0.29, 0.717) is 16.3 Å². The molecule has 0 aliphatic rings. The van der Waals surface area contributed by atoms with Gasteiger partial charge in [-0.1, -0.05) is 11.6 Å². The largest absolute Gasteiger partial charge is 0.398 e. The topological polar surface area (TPSA) is 95.6 Å². The maximum absolute atomic E-state index is 10.7. The second-order valence-electron chi connectivity index (χ2n) is 3.72. The molecule has 94 valence electrons. The van der Waals surface area contributed by atoms with E-state index in [2.05, 4.69) is 5.32 Å². The van der Waals surface area contributed by atoms with Crippen LogP contribution < -0.4 is 11.1 Å². The first-order valence-electron chi connectivity index (χ1n) is 5.07. The molecule has 1 aromatic rings. The molecule has 1 aromatic carbocycles. The van der Waals surface area contributed by atoms with Crippen molar-refractivity contribution in [3.05, 3.63) is 28.8 Å². The van der Waals surface area contributed by atoms with E-state index in [0.717, 1.165) is 0 Å². The molecule has 17 heavy (non-hydrogen) atoms. The van der Waals surface area contributed by atoms with E-state index in [1.165, 1.54) is 13.0 Å². The van der Waals surface area contributed by atoms with Crippen molar-refractivity contribution in [2.45, 2.75) is 19.1 Å². The third kappa shape index (κ3) is 3.89. The predicted molar refractivity (Wildman–Crippen MR) is 65.5 cm³/mol. The number of halogens is 1. The Labute approximate surface area is 104 Å². The first-order chi connectivity index (χ1) is 7.91. The maximum Gasteiger partial charge on any atom is 0.216 e. The summed E-state index contributed by atoms with van der Waals surface area (Å²) in [6.07, 6.45) is -2.33. The first kappa shape index (κ1) is 13.8. The molecule has 0 radical (unpaired) electrons. The summed E-state index contributed by atoms with van der Waals surface area (Å²) >= 11 is 5.78. The molecule has 2 unspecified atom stereocenters. The third-order valence-electron chi connectivity index (χ3n) is 2.29. The number of aliphatic hydroxyl groups excluding tert-OH is 2. The summed E-state index contributed by atoms with van der Waals surface area (Å²) in [4.78, 5) is 10.7. The van der Waals surface area contributed by atoms with E-state index < -0.39 is 12.2 Å². The summed E-state index contributed by atoms with van der Waals surface area (Å²) in [7, 11) is 0. The van der Waals surface area contributed by atoms with Gasteiger partial charge in [0.2, 0.25) is 5.91 Å². The average Bonchev–Trinajstić information content (AvgIpc) is 2.28. The lowest BCUT2D eigenvalue weighted by molar-refractivity contribution is -0.119. The van der Waals surface area contributed by atoms with Crippen LogP contribution >= 0.6 is 11.6 Å². The molecular weight excluding hydrogens is 244 g/mol. The minimum absolute atomic E-state index is 0.0531. The van der Waals surface area contributed by atoms with Gasteiger partial charge in [-0.05, 0) is 18.2 Å². The lowest BCUT2D eigenvalue weighted by atomic mass is 10.0. The smallest absolute Gasteiger partial charge is 0.216 e. The summed E-state index contributed by atoms with van der Waals surface area (Å²) in [5, 5.41) is 22.4. The molecule has 5 N–H and O–H groups in total. The van der Waals surface area contributed by atoms with Gasteiger partial charge in [0.05, 0.1) is 0 Å². The van der Waals surface area contributed by atoms with Gasteiger partial charge in [0.15, 0.2) is 0 Å². The van der Waals surface area contributed by atoms with Crippen molar-refractivity contribution in [1.29, 1.82) is 0 Å². The SMILES string of the molecule is CC(=O)NCC(O)C(O)c1cc(Cl)ccc1N. The molecule has 0 aromatic heterocycles. The highest BCUT2D eigenvalue weighted by Gasteiger charge is 2.20. The fourth-order valence-corrected chi connectivity index (χ4v) is 1.55. The van der Waals surface area contributed by atoms with Crippen LogP contribution in [0, 0.1) is 0 Å². The van der Waals surface area contributed by atoms with Gasteiger partial charge >= 0.3 is 0 Å². The molecule has 0 aliphatic carbocycles. The zero-order valence-electron chi connectivity index (χ0n) is 9.35.